The zero-order valence-electron chi connectivity index (χ0n) is 14.6. The summed E-state index contributed by atoms with van der Waals surface area (Å²) in [5.74, 6) is 0.382. The minimum absolute atomic E-state index is 0.00501. The molecular formula is C20H25N3O2. The summed E-state index contributed by atoms with van der Waals surface area (Å²) in [7, 11) is 0. The first-order valence-electron chi connectivity index (χ1n) is 8.91. The third-order valence-electron chi connectivity index (χ3n) is 4.82. The fraction of sp³-hybridized carbons (Fsp3) is 0.400. The molecule has 1 saturated heterocycles. The molecule has 0 unspecified atom stereocenters. The normalized spacial score (nSPS) is 16.8. The quantitative estimate of drug-likeness (QED) is 0.792. The lowest BCUT2D eigenvalue weighted by Crippen LogP contribution is -2.28. The van der Waals surface area contributed by atoms with E-state index in [0.717, 1.165) is 42.8 Å². The van der Waals surface area contributed by atoms with Crippen molar-refractivity contribution in [3.8, 4) is 0 Å². The number of aryl methyl sites for hydroxylation is 1. The number of nitrogens with zero attached hydrogens (tertiary/aromatic N) is 1. The van der Waals surface area contributed by atoms with Crippen molar-refractivity contribution in [3.05, 3.63) is 69.6 Å². The molecule has 0 radical (unpaired) electrons. The van der Waals surface area contributed by atoms with Gasteiger partial charge in [-0.25, -0.2) is 0 Å². The van der Waals surface area contributed by atoms with E-state index < -0.39 is 0 Å². The van der Waals surface area contributed by atoms with E-state index in [4.69, 9.17) is 0 Å². The van der Waals surface area contributed by atoms with Crippen LogP contribution in [0.15, 0.2) is 47.3 Å². The molecule has 25 heavy (non-hydrogen) atoms. The maximum absolute atomic E-state index is 12.6. The second kappa shape index (κ2) is 8.12. The summed E-state index contributed by atoms with van der Waals surface area (Å²) < 4.78 is 1.74. The van der Waals surface area contributed by atoms with Gasteiger partial charge in [0.25, 0.3) is 11.5 Å². The van der Waals surface area contributed by atoms with E-state index in [1.54, 1.807) is 16.7 Å². The lowest BCUT2D eigenvalue weighted by Gasteiger charge is -2.15. The molecule has 3 rings (SSSR count). The van der Waals surface area contributed by atoms with Crippen LogP contribution >= 0.6 is 0 Å². The maximum Gasteiger partial charge on any atom is 0.251 e. The first-order chi connectivity index (χ1) is 12.2. The highest BCUT2D eigenvalue weighted by Gasteiger charge is 2.21. The number of nitrogens with one attached hydrogen (secondary N) is 2. The van der Waals surface area contributed by atoms with Crippen molar-refractivity contribution in [1.82, 2.24) is 15.2 Å². The molecule has 1 aromatic carbocycles. The van der Waals surface area contributed by atoms with Gasteiger partial charge in [-0.05, 0) is 49.9 Å². The topological polar surface area (TPSA) is 63.1 Å². The summed E-state index contributed by atoms with van der Waals surface area (Å²) >= 11 is 0. The fourth-order valence-electron chi connectivity index (χ4n) is 3.42. The molecule has 1 aliphatic rings. The summed E-state index contributed by atoms with van der Waals surface area (Å²) in [5.41, 5.74) is 2.84. The Bertz CT molecular complexity index is 792. The summed E-state index contributed by atoms with van der Waals surface area (Å²) in [5, 5.41) is 6.35. The zero-order valence-corrected chi connectivity index (χ0v) is 14.6. The first kappa shape index (κ1) is 17.4. The predicted octanol–water partition coefficient (Wildman–Crippen LogP) is 2.05. The second-order valence-corrected chi connectivity index (χ2v) is 6.54. The average molecular weight is 339 g/mol. The molecule has 1 aliphatic heterocycles. The summed E-state index contributed by atoms with van der Waals surface area (Å²) in [6.45, 7) is 5.02. The Morgan fingerprint density at radius 1 is 1.24 bits per heavy atom. The van der Waals surface area contributed by atoms with Gasteiger partial charge in [-0.3, -0.25) is 9.59 Å². The number of aromatic nitrogens is 1. The number of rotatable bonds is 6. The molecule has 0 saturated carbocycles. The minimum Gasteiger partial charge on any atom is -0.352 e. The van der Waals surface area contributed by atoms with Gasteiger partial charge in [-0.15, -0.1) is 0 Å². The van der Waals surface area contributed by atoms with Crippen LogP contribution in [-0.2, 0) is 6.54 Å². The Balaban J connectivity index is 1.57. The molecule has 0 aliphatic carbocycles. The van der Waals surface area contributed by atoms with Gasteiger partial charge < -0.3 is 15.2 Å². The van der Waals surface area contributed by atoms with Gasteiger partial charge in [-0.1, -0.05) is 24.3 Å². The van der Waals surface area contributed by atoms with Crippen molar-refractivity contribution in [2.75, 3.05) is 19.6 Å². The Labute approximate surface area is 148 Å². The van der Waals surface area contributed by atoms with Gasteiger partial charge in [-0.2, -0.15) is 0 Å². The van der Waals surface area contributed by atoms with Crippen molar-refractivity contribution in [2.24, 2.45) is 0 Å². The molecule has 2 heterocycles. The molecule has 2 N–H and O–H groups in total. The van der Waals surface area contributed by atoms with E-state index in [2.05, 4.69) is 16.7 Å². The Kier molecular flexibility index (Phi) is 5.66. The van der Waals surface area contributed by atoms with Crippen molar-refractivity contribution in [2.45, 2.75) is 32.2 Å². The van der Waals surface area contributed by atoms with Crippen molar-refractivity contribution < 1.29 is 4.79 Å². The summed E-state index contributed by atoms with van der Waals surface area (Å²) in [6.07, 6.45) is 1.80. The monoisotopic (exact) mass is 339 g/mol. The smallest absolute Gasteiger partial charge is 0.251 e. The number of amides is 1. The van der Waals surface area contributed by atoms with Gasteiger partial charge in [0.1, 0.15) is 0 Å². The van der Waals surface area contributed by atoms with Gasteiger partial charge in [0.15, 0.2) is 0 Å². The van der Waals surface area contributed by atoms with Crippen LogP contribution in [0.25, 0.3) is 0 Å². The molecule has 5 heteroatoms. The highest BCUT2D eigenvalue weighted by atomic mass is 16.1. The van der Waals surface area contributed by atoms with Gasteiger partial charge in [0.05, 0.1) is 0 Å². The van der Waals surface area contributed by atoms with Crippen molar-refractivity contribution >= 4 is 5.91 Å². The van der Waals surface area contributed by atoms with Gasteiger partial charge >= 0.3 is 0 Å². The summed E-state index contributed by atoms with van der Waals surface area (Å²) in [6, 6.07) is 13.1. The molecule has 2 aromatic rings. The van der Waals surface area contributed by atoms with E-state index in [1.807, 2.05) is 31.2 Å². The van der Waals surface area contributed by atoms with E-state index in [0.29, 0.717) is 19.0 Å². The van der Waals surface area contributed by atoms with E-state index in [-0.39, 0.29) is 11.5 Å². The molecule has 0 bridgehead atoms. The molecule has 1 amide bonds. The molecule has 1 atom stereocenters. The van der Waals surface area contributed by atoms with Crippen LogP contribution in [-0.4, -0.2) is 30.1 Å². The number of pyridine rings is 1. The number of benzene rings is 1. The number of hydrogen-bond acceptors (Lipinski definition) is 3. The fourth-order valence-corrected chi connectivity index (χ4v) is 3.42. The van der Waals surface area contributed by atoms with E-state index >= 15 is 0 Å². The average Bonchev–Trinajstić information content (AvgIpc) is 3.15. The van der Waals surface area contributed by atoms with Crippen LogP contribution in [0.2, 0.25) is 0 Å². The van der Waals surface area contributed by atoms with Gasteiger partial charge in [0.2, 0.25) is 0 Å². The SMILES string of the molecule is Cc1cccc(=O)n1CCCNC(=O)c1ccccc1[C@@H]1CCNC1. The van der Waals surface area contributed by atoms with Crippen LogP contribution in [0, 0.1) is 6.92 Å². The zero-order chi connectivity index (χ0) is 17.6. The lowest BCUT2D eigenvalue weighted by atomic mass is 9.93. The minimum atomic E-state index is -0.0281. The molecule has 1 aromatic heterocycles. The number of carbonyl (C=O) groups excluding carboxylic acids is 1. The third-order valence-corrected chi connectivity index (χ3v) is 4.82. The maximum atomic E-state index is 12.6. The van der Waals surface area contributed by atoms with Crippen LogP contribution in [0.4, 0.5) is 0 Å². The molecule has 132 valence electrons. The Morgan fingerprint density at radius 3 is 2.84 bits per heavy atom. The lowest BCUT2D eigenvalue weighted by molar-refractivity contribution is 0.0951. The highest BCUT2D eigenvalue weighted by Crippen LogP contribution is 2.25. The largest absolute Gasteiger partial charge is 0.352 e. The Hall–Kier alpha value is -2.40. The molecule has 5 nitrogen and oxygen atoms in total. The van der Waals surface area contributed by atoms with Crippen molar-refractivity contribution in [3.63, 3.8) is 0 Å². The number of hydrogen-bond donors (Lipinski definition) is 2. The first-order valence-corrected chi connectivity index (χ1v) is 8.91. The summed E-state index contributed by atoms with van der Waals surface area (Å²) in [4.78, 5) is 24.4. The van der Waals surface area contributed by atoms with Crippen molar-refractivity contribution in [1.29, 1.82) is 0 Å². The van der Waals surface area contributed by atoms with Crippen LogP contribution in [0.5, 0.6) is 0 Å². The van der Waals surface area contributed by atoms with E-state index in [9.17, 15) is 9.59 Å². The molecule has 0 spiro atoms. The molecular weight excluding hydrogens is 314 g/mol. The standard InChI is InChI=1S/C20H25N3O2/c1-15-6-4-9-19(24)23(15)13-5-11-22-20(25)18-8-3-2-7-17(18)16-10-12-21-14-16/h2-4,6-9,16,21H,5,10-14H2,1H3,(H,22,25)/t16-/m1/s1. The predicted molar refractivity (Wildman–Crippen MR) is 99.1 cm³/mol. The van der Waals surface area contributed by atoms with Crippen LogP contribution in [0.3, 0.4) is 0 Å². The van der Waals surface area contributed by atoms with Crippen LogP contribution in [0.1, 0.15) is 40.4 Å². The highest BCUT2D eigenvalue weighted by molar-refractivity contribution is 5.95. The van der Waals surface area contributed by atoms with Gasteiger partial charge in [0, 0.05) is 37.0 Å². The van der Waals surface area contributed by atoms with Crippen LogP contribution < -0.4 is 16.2 Å². The Morgan fingerprint density at radius 2 is 2.08 bits per heavy atom. The molecule has 1 fully saturated rings. The van der Waals surface area contributed by atoms with E-state index in [1.165, 1.54) is 0 Å². The second-order valence-electron chi connectivity index (χ2n) is 6.54. The third kappa shape index (κ3) is 4.17. The number of carbonyl (C=O) groups is 1.